The summed E-state index contributed by atoms with van der Waals surface area (Å²) in [4.78, 5) is 2.37. The molecule has 1 saturated heterocycles. The highest BCUT2D eigenvalue weighted by Gasteiger charge is 2.36. The molecule has 0 spiro atoms. The van der Waals surface area contributed by atoms with Gasteiger partial charge in [-0.1, -0.05) is 35.8 Å². The average molecular weight is 382 g/mol. The van der Waals surface area contributed by atoms with E-state index in [0.29, 0.717) is 0 Å². The van der Waals surface area contributed by atoms with Crippen molar-refractivity contribution in [1.82, 2.24) is 10.2 Å². The van der Waals surface area contributed by atoms with Crippen LogP contribution in [0.2, 0.25) is 0 Å². The summed E-state index contributed by atoms with van der Waals surface area (Å²) in [5.74, 6) is -0.249. The van der Waals surface area contributed by atoms with Crippen molar-refractivity contribution in [3.05, 3.63) is 34.1 Å². The fourth-order valence-corrected chi connectivity index (χ4v) is 3.43. The molecule has 0 amide bonds. The van der Waals surface area contributed by atoms with Gasteiger partial charge in [0.15, 0.2) is 0 Å². The number of halogens is 3. The van der Waals surface area contributed by atoms with Crippen molar-refractivity contribution in [3.8, 4) is 0 Å². The number of nitrogens with zero attached hydrogens (tertiary/aromatic N) is 1. The van der Waals surface area contributed by atoms with E-state index in [1.165, 1.54) is 12.1 Å². The molecule has 0 bridgehead atoms. The Morgan fingerprint density at radius 2 is 2.00 bits per heavy atom. The van der Waals surface area contributed by atoms with Gasteiger partial charge in [-0.05, 0) is 17.7 Å². The lowest BCUT2D eigenvalue weighted by Crippen LogP contribution is -2.49. The van der Waals surface area contributed by atoms with Gasteiger partial charge < -0.3 is 10.4 Å². The summed E-state index contributed by atoms with van der Waals surface area (Å²) in [6.07, 6.45) is 0. The van der Waals surface area contributed by atoms with Crippen LogP contribution < -0.4 is 5.32 Å². The number of aliphatic hydroxyl groups is 1. The lowest BCUT2D eigenvalue weighted by atomic mass is 9.79. The second-order valence-corrected chi connectivity index (χ2v) is 6.86. The molecule has 21 heavy (non-hydrogen) atoms. The molecule has 120 valence electrons. The summed E-state index contributed by atoms with van der Waals surface area (Å²) in [5, 5.41) is 13.1. The van der Waals surface area contributed by atoms with E-state index in [2.05, 4.69) is 40.0 Å². The first kappa shape index (κ1) is 18.8. The van der Waals surface area contributed by atoms with Crippen LogP contribution in [0.5, 0.6) is 0 Å². The first-order chi connectivity index (χ1) is 9.45. The lowest BCUT2D eigenvalue weighted by Gasteiger charge is -2.43. The van der Waals surface area contributed by atoms with Crippen LogP contribution in [-0.4, -0.2) is 42.8 Å². The summed E-state index contributed by atoms with van der Waals surface area (Å²) in [5.41, 5.74) is 0.741. The van der Waals surface area contributed by atoms with Gasteiger partial charge in [0.25, 0.3) is 0 Å². The lowest BCUT2D eigenvalue weighted by molar-refractivity contribution is 0.0301. The fraction of sp³-hybridized carbons (Fsp3) is 0.600. The maximum Gasteiger partial charge on any atom is 0.124 e. The third kappa shape index (κ3) is 4.39. The Hall–Kier alpha value is -0.200. The van der Waals surface area contributed by atoms with Gasteiger partial charge in [-0.15, -0.1) is 12.4 Å². The molecule has 1 aromatic rings. The number of rotatable bonds is 4. The third-order valence-electron chi connectivity index (χ3n) is 3.92. The summed E-state index contributed by atoms with van der Waals surface area (Å²) in [7, 11) is 0. The molecule has 1 aliphatic heterocycles. The maximum atomic E-state index is 13.3. The zero-order valence-corrected chi connectivity index (χ0v) is 14.8. The molecule has 1 aromatic carbocycles. The maximum absolute atomic E-state index is 13.3. The number of piperazine rings is 1. The van der Waals surface area contributed by atoms with Gasteiger partial charge >= 0.3 is 0 Å². The molecule has 1 heterocycles. The van der Waals surface area contributed by atoms with Crippen LogP contribution >= 0.6 is 28.3 Å². The van der Waals surface area contributed by atoms with Gasteiger partial charge in [-0.25, -0.2) is 4.39 Å². The van der Waals surface area contributed by atoms with Gasteiger partial charge in [0.05, 0.1) is 0 Å². The number of aliphatic hydroxyl groups excluding tert-OH is 1. The topological polar surface area (TPSA) is 35.5 Å². The van der Waals surface area contributed by atoms with E-state index in [1.807, 2.05) is 6.07 Å². The SMILES string of the molecule is CC(C)(CO)[C@@H](c1ccc(F)cc1Br)N1CCNCC1.Cl. The molecule has 1 atom stereocenters. The second kappa shape index (κ2) is 7.88. The summed E-state index contributed by atoms with van der Waals surface area (Å²) in [6.45, 7) is 7.93. The molecule has 3 nitrogen and oxygen atoms in total. The van der Waals surface area contributed by atoms with Gasteiger partial charge in [0.1, 0.15) is 5.82 Å². The van der Waals surface area contributed by atoms with E-state index >= 15 is 0 Å². The minimum atomic E-state index is -0.294. The Morgan fingerprint density at radius 3 is 2.52 bits per heavy atom. The van der Waals surface area contributed by atoms with Crippen LogP contribution in [-0.2, 0) is 0 Å². The van der Waals surface area contributed by atoms with E-state index in [0.717, 1.165) is 36.2 Å². The van der Waals surface area contributed by atoms with Crippen LogP contribution in [0.15, 0.2) is 22.7 Å². The Kier molecular flexibility index (Phi) is 7.07. The van der Waals surface area contributed by atoms with Crippen LogP contribution in [0.3, 0.4) is 0 Å². The molecular weight excluding hydrogens is 359 g/mol. The zero-order valence-electron chi connectivity index (χ0n) is 12.4. The Balaban J connectivity index is 0.00000220. The normalized spacial score (nSPS) is 18.1. The Bertz CT molecular complexity index is 467. The molecule has 6 heteroatoms. The molecule has 2 rings (SSSR count). The second-order valence-electron chi connectivity index (χ2n) is 6.00. The van der Waals surface area contributed by atoms with E-state index in [1.54, 1.807) is 0 Å². The minimum Gasteiger partial charge on any atom is -0.396 e. The Labute approximate surface area is 140 Å². The largest absolute Gasteiger partial charge is 0.396 e. The molecule has 0 radical (unpaired) electrons. The van der Waals surface area contributed by atoms with E-state index in [4.69, 9.17) is 0 Å². The van der Waals surface area contributed by atoms with Gasteiger partial charge in [-0.3, -0.25) is 4.90 Å². The van der Waals surface area contributed by atoms with Crippen LogP contribution in [0, 0.1) is 11.2 Å². The molecule has 1 fully saturated rings. The predicted octanol–water partition coefficient (Wildman–Crippen LogP) is 2.97. The first-order valence-corrected chi connectivity index (χ1v) is 7.75. The zero-order chi connectivity index (χ0) is 14.8. The molecule has 0 unspecified atom stereocenters. The number of nitrogens with one attached hydrogen (secondary N) is 1. The highest BCUT2D eigenvalue weighted by Crippen LogP contribution is 2.41. The van der Waals surface area contributed by atoms with Crippen molar-refractivity contribution in [1.29, 1.82) is 0 Å². The predicted molar refractivity (Wildman–Crippen MR) is 89.4 cm³/mol. The summed E-state index contributed by atoms with van der Waals surface area (Å²) in [6, 6.07) is 4.87. The van der Waals surface area contributed by atoms with E-state index in [9.17, 15) is 9.50 Å². The van der Waals surface area contributed by atoms with Crippen molar-refractivity contribution in [2.24, 2.45) is 5.41 Å². The van der Waals surface area contributed by atoms with Crippen LogP contribution in [0.25, 0.3) is 0 Å². The quantitative estimate of drug-likeness (QED) is 0.842. The molecular formula is C15H23BrClFN2O. The highest BCUT2D eigenvalue weighted by molar-refractivity contribution is 9.10. The van der Waals surface area contributed by atoms with Crippen molar-refractivity contribution >= 4 is 28.3 Å². The van der Waals surface area contributed by atoms with E-state index < -0.39 is 0 Å². The monoisotopic (exact) mass is 380 g/mol. The molecule has 1 aliphatic rings. The van der Waals surface area contributed by atoms with Crippen molar-refractivity contribution < 1.29 is 9.50 Å². The highest BCUT2D eigenvalue weighted by atomic mass is 79.9. The average Bonchev–Trinajstić information content (AvgIpc) is 2.43. The Morgan fingerprint density at radius 1 is 1.38 bits per heavy atom. The summed E-state index contributed by atoms with van der Waals surface area (Å²) < 4.78 is 14.1. The molecule has 0 aromatic heterocycles. The third-order valence-corrected chi connectivity index (χ3v) is 4.61. The van der Waals surface area contributed by atoms with Crippen molar-refractivity contribution in [2.45, 2.75) is 19.9 Å². The fourth-order valence-electron chi connectivity index (χ4n) is 2.86. The van der Waals surface area contributed by atoms with Crippen LogP contribution in [0.1, 0.15) is 25.5 Å². The van der Waals surface area contributed by atoms with Gasteiger partial charge in [-0.2, -0.15) is 0 Å². The smallest absolute Gasteiger partial charge is 0.124 e. The van der Waals surface area contributed by atoms with Gasteiger partial charge in [0, 0.05) is 48.7 Å². The standard InChI is InChI=1S/C15H22BrFN2O.ClH/c1-15(2,10-20)14(19-7-5-18-6-8-19)12-4-3-11(17)9-13(12)16;/h3-4,9,14,18,20H,5-8,10H2,1-2H3;1H/t14-;/m1./s1. The number of hydrogen-bond donors (Lipinski definition) is 2. The minimum absolute atomic E-state index is 0. The molecule has 0 saturated carbocycles. The van der Waals surface area contributed by atoms with Crippen molar-refractivity contribution in [3.63, 3.8) is 0 Å². The van der Waals surface area contributed by atoms with Crippen LogP contribution in [0.4, 0.5) is 4.39 Å². The van der Waals surface area contributed by atoms with E-state index in [-0.39, 0.29) is 36.3 Å². The number of hydrogen-bond acceptors (Lipinski definition) is 3. The molecule has 2 N–H and O–H groups in total. The first-order valence-electron chi connectivity index (χ1n) is 6.96. The molecule has 0 aliphatic carbocycles. The van der Waals surface area contributed by atoms with Gasteiger partial charge in [0.2, 0.25) is 0 Å². The number of benzene rings is 1. The van der Waals surface area contributed by atoms with Crippen molar-refractivity contribution in [2.75, 3.05) is 32.8 Å². The summed E-state index contributed by atoms with van der Waals surface area (Å²) >= 11 is 3.47.